The van der Waals surface area contributed by atoms with Crippen LogP contribution in [0.25, 0.3) is 0 Å². The molecule has 26 heavy (non-hydrogen) atoms. The molecule has 0 amide bonds. The summed E-state index contributed by atoms with van der Waals surface area (Å²) in [6.07, 6.45) is -5.18. The van der Waals surface area contributed by atoms with E-state index in [9.17, 15) is 26.7 Å². The van der Waals surface area contributed by atoms with Gasteiger partial charge in [-0.25, -0.2) is 8.42 Å². The molecule has 10 heteroatoms. The van der Waals surface area contributed by atoms with Gasteiger partial charge in [0.15, 0.2) is 0 Å². The van der Waals surface area contributed by atoms with E-state index in [4.69, 9.17) is 16.9 Å². The van der Waals surface area contributed by atoms with Gasteiger partial charge in [0.05, 0.1) is 39.6 Å². The van der Waals surface area contributed by atoms with Crippen LogP contribution in [0.5, 0.6) is 0 Å². The number of aliphatic hydroxyl groups is 1. The summed E-state index contributed by atoms with van der Waals surface area (Å²) in [6, 6.07) is 4.37. The molecule has 3 aliphatic rings. The SMILES string of the molecule is N#Cc1ccc(N2C[C@H]3[C@@H]4C[C@H]([C@@H](O)[C@@H]4Cl)[C@H]3S2(=O)=O)cc1C(F)(F)F. The molecule has 3 fully saturated rings. The maximum Gasteiger partial charge on any atom is 0.417 e. The Morgan fingerprint density at radius 3 is 2.58 bits per heavy atom. The fourth-order valence-corrected chi connectivity index (χ4v) is 7.77. The Kier molecular flexibility index (Phi) is 3.79. The van der Waals surface area contributed by atoms with Crippen LogP contribution in [0, 0.1) is 29.1 Å². The zero-order valence-corrected chi connectivity index (χ0v) is 14.8. The molecule has 4 rings (SSSR count). The van der Waals surface area contributed by atoms with Gasteiger partial charge >= 0.3 is 6.18 Å². The second kappa shape index (κ2) is 5.50. The van der Waals surface area contributed by atoms with E-state index in [1.807, 2.05) is 0 Å². The quantitative estimate of drug-likeness (QED) is 0.726. The topological polar surface area (TPSA) is 81.4 Å². The Bertz CT molecular complexity index is 914. The molecule has 0 spiro atoms. The predicted octanol–water partition coefficient (Wildman–Crippen LogP) is 2.33. The number of sulfonamides is 1. The van der Waals surface area contributed by atoms with Gasteiger partial charge in [-0.2, -0.15) is 18.4 Å². The third-order valence-corrected chi connectivity index (χ3v) is 8.80. The highest BCUT2D eigenvalue weighted by atomic mass is 35.5. The summed E-state index contributed by atoms with van der Waals surface area (Å²) >= 11 is 6.19. The number of fused-ring (bicyclic) bond motifs is 5. The van der Waals surface area contributed by atoms with Crippen molar-refractivity contribution in [3.05, 3.63) is 29.3 Å². The first-order chi connectivity index (χ1) is 12.1. The molecule has 1 N–H and O–H groups in total. The van der Waals surface area contributed by atoms with Crippen molar-refractivity contribution in [1.82, 2.24) is 0 Å². The molecule has 140 valence electrons. The monoisotopic (exact) mass is 406 g/mol. The molecule has 1 aromatic carbocycles. The van der Waals surface area contributed by atoms with Crippen LogP contribution in [0.1, 0.15) is 17.5 Å². The Labute approximate surface area is 153 Å². The number of hydrogen-bond donors (Lipinski definition) is 1. The van der Waals surface area contributed by atoms with E-state index >= 15 is 0 Å². The van der Waals surface area contributed by atoms with E-state index in [1.54, 1.807) is 0 Å². The minimum Gasteiger partial charge on any atom is -0.391 e. The smallest absolute Gasteiger partial charge is 0.391 e. The molecule has 1 heterocycles. The van der Waals surface area contributed by atoms with Crippen molar-refractivity contribution in [3.8, 4) is 6.07 Å². The molecule has 6 atom stereocenters. The van der Waals surface area contributed by atoms with E-state index < -0.39 is 50.0 Å². The van der Waals surface area contributed by atoms with E-state index in [-0.39, 0.29) is 24.1 Å². The molecule has 2 saturated carbocycles. The van der Waals surface area contributed by atoms with Gasteiger partial charge in [-0.1, -0.05) is 0 Å². The number of rotatable bonds is 1. The van der Waals surface area contributed by atoms with E-state index in [0.717, 1.165) is 10.4 Å². The van der Waals surface area contributed by atoms with E-state index in [1.165, 1.54) is 12.1 Å². The first-order valence-electron chi connectivity index (χ1n) is 8.02. The van der Waals surface area contributed by atoms with E-state index in [2.05, 4.69) is 0 Å². The third-order valence-electron chi connectivity index (χ3n) is 5.86. The average Bonchev–Trinajstić information content (AvgIpc) is 3.17. The van der Waals surface area contributed by atoms with Crippen molar-refractivity contribution in [3.63, 3.8) is 0 Å². The van der Waals surface area contributed by atoms with Gasteiger partial charge in [0, 0.05) is 18.4 Å². The average molecular weight is 407 g/mol. The molecule has 2 bridgehead atoms. The number of hydrogen-bond acceptors (Lipinski definition) is 4. The molecule has 1 saturated heterocycles. The van der Waals surface area contributed by atoms with Gasteiger partial charge in [0.25, 0.3) is 0 Å². The van der Waals surface area contributed by atoms with Crippen molar-refractivity contribution in [2.75, 3.05) is 10.8 Å². The maximum atomic E-state index is 13.2. The van der Waals surface area contributed by atoms with Crippen molar-refractivity contribution in [1.29, 1.82) is 5.26 Å². The second-order valence-corrected chi connectivity index (χ2v) is 9.56. The highest BCUT2D eigenvalue weighted by Gasteiger charge is 2.66. The van der Waals surface area contributed by atoms with Crippen LogP contribution in [0.4, 0.5) is 18.9 Å². The van der Waals surface area contributed by atoms with Crippen molar-refractivity contribution in [2.24, 2.45) is 17.8 Å². The lowest BCUT2D eigenvalue weighted by atomic mass is 9.86. The molecular weight excluding hydrogens is 393 g/mol. The van der Waals surface area contributed by atoms with Crippen molar-refractivity contribution in [2.45, 2.75) is 29.3 Å². The number of aliphatic hydroxyl groups excluding tert-OH is 1. The minimum atomic E-state index is -4.77. The van der Waals surface area contributed by atoms with Crippen molar-refractivity contribution < 1.29 is 26.7 Å². The molecule has 5 nitrogen and oxygen atoms in total. The van der Waals surface area contributed by atoms with Crippen LogP contribution in [-0.4, -0.2) is 36.8 Å². The number of benzene rings is 1. The first-order valence-corrected chi connectivity index (χ1v) is 9.96. The number of nitriles is 1. The van der Waals surface area contributed by atoms with Crippen LogP contribution in [0.2, 0.25) is 0 Å². The Morgan fingerprint density at radius 2 is 1.96 bits per heavy atom. The predicted molar refractivity (Wildman–Crippen MR) is 86.9 cm³/mol. The molecule has 2 aliphatic carbocycles. The van der Waals surface area contributed by atoms with Crippen LogP contribution in [0.15, 0.2) is 18.2 Å². The van der Waals surface area contributed by atoms with Gasteiger partial charge in [0.1, 0.15) is 0 Å². The maximum absolute atomic E-state index is 13.2. The standard InChI is InChI=1S/C16H14ClF3N2O3S/c17-13-9-4-10(14(13)23)15-11(9)6-22(26(15,24)25)8-2-1-7(5-21)12(3-8)16(18,19)20/h1-3,9-11,13-15,23H,4,6H2/t9-,10+,11-,13+,14+,15+/m0/s1. The lowest BCUT2D eigenvalue weighted by molar-refractivity contribution is -0.137. The fourth-order valence-electron chi connectivity index (χ4n) is 4.77. The highest BCUT2D eigenvalue weighted by molar-refractivity contribution is 7.93. The molecule has 1 aromatic rings. The lowest BCUT2D eigenvalue weighted by Crippen LogP contribution is -2.43. The Hall–Kier alpha value is -1.50. The van der Waals surface area contributed by atoms with Gasteiger partial charge in [-0.3, -0.25) is 4.31 Å². The summed E-state index contributed by atoms with van der Waals surface area (Å²) in [6.45, 7) is 0.0350. The molecule has 1 aliphatic heterocycles. The Morgan fingerprint density at radius 1 is 1.27 bits per heavy atom. The Balaban J connectivity index is 1.76. The number of anilines is 1. The van der Waals surface area contributed by atoms with Gasteiger partial charge < -0.3 is 5.11 Å². The fraction of sp³-hybridized carbons (Fsp3) is 0.562. The summed E-state index contributed by atoms with van der Waals surface area (Å²) < 4.78 is 66.5. The molecule has 0 aromatic heterocycles. The highest BCUT2D eigenvalue weighted by Crippen LogP contribution is 2.57. The summed E-state index contributed by atoms with van der Waals surface area (Å²) in [5, 5.41) is 17.7. The van der Waals surface area contributed by atoms with Crippen molar-refractivity contribution >= 4 is 27.3 Å². The van der Waals surface area contributed by atoms with Gasteiger partial charge in [-0.15, -0.1) is 11.6 Å². The molecular formula is C16H14ClF3N2O3S. The molecule has 0 radical (unpaired) electrons. The lowest BCUT2D eigenvalue weighted by Gasteiger charge is -2.29. The van der Waals surface area contributed by atoms with Crippen LogP contribution < -0.4 is 4.31 Å². The van der Waals surface area contributed by atoms with Crippen LogP contribution in [0.3, 0.4) is 0 Å². The van der Waals surface area contributed by atoms with Crippen LogP contribution in [-0.2, 0) is 16.2 Å². The van der Waals surface area contributed by atoms with Crippen LogP contribution >= 0.6 is 11.6 Å². The van der Waals surface area contributed by atoms with Gasteiger partial charge in [0.2, 0.25) is 10.0 Å². The largest absolute Gasteiger partial charge is 0.417 e. The third kappa shape index (κ3) is 2.28. The first kappa shape index (κ1) is 17.9. The second-order valence-electron chi connectivity index (χ2n) is 7.04. The summed E-state index contributed by atoms with van der Waals surface area (Å²) in [7, 11) is -3.92. The minimum absolute atomic E-state index is 0.0350. The number of alkyl halides is 4. The summed E-state index contributed by atoms with van der Waals surface area (Å²) in [4.78, 5) is 0. The zero-order valence-electron chi connectivity index (χ0n) is 13.2. The normalized spacial score (nSPS) is 37.6. The number of halogens is 4. The zero-order chi connectivity index (χ0) is 19.0. The number of nitrogens with zero attached hydrogens (tertiary/aromatic N) is 2. The van der Waals surface area contributed by atoms with E-state index in [0.29, 0.717) is 12.5 Å². The molecule has 0 unspecified atom stereocenters. The van der Waals surface area contributed by atoms with Gasteiger partial charge in [-0.05, 0) is 30.5 Å². The summed E-state index contributed by atoms with van der Waals surface area (Å²) in [5.41, 5.74) is -1.84. The summed E-state index contributed by atoms with van der Waals surface area (Å²) in [5.74, 6) is -0.995.